The number of thiazole rings is 1. The first-order valence-corrected chi connectivity index (χ1v) is 10.9. The lowest BCUT2D eigenvalue weighted by molar-refractivity contribution is 0.0412. The Kier molecular flexibility index (Phi) is 5.36. The van der Waals surface area contributed by atoms with Gasteiger partial charge in [0.05, 0.1) is 36.4 Å². The monoisotopic (exact) mass is 482 g/mol. The number of fused-ring (bicyclic) bond motifs is 4. The highest BCUT2D eigenvalue weighted by atomic mass is 35.5. The highest BCUT2D eigenvalue weighted by molar-refractivity contribution is 7.22. The van der Waals surface area contributed by atoms with Crippen LogP contribution in [-0.4, -0.2) is 46.8 Å². The van der Waals surface area contributed by atoms with Crippen molar-refractivity contribution in [3.05, 3.63) is 41.4 Å². The van der Waals surface area contributed by atoms with Gasteiger partial charge >= 0.3 is 5.43 Å². The van der Waals surface area contributed by atoms with Gasteiger partial charge in [-0.25, -0.2) is 24.6 Å². The van der Waals surface area contributed by atoms with Crippen LogP contribution in [0.3, 0.4) is 0 Å². The zero-order valence-electron chi connectivity index (χ0n) is 17.4. The Balaban J connectivity index is 1.62. The summed E-state index contributed by atoms with van der Waals surface area (Å²) in [4.78, 5) is 28.2. The third kappa shape index (κ3) is 3.86. The maximum absolute atomic E-state index is 10.9. The number of rotatable bonds is 4. The van der Waals surface area contributed by atoms with Crippen LogP contribution in [0.15, 0.2) is 24.4 Å². The van der Waals surface area contributed by atoms with Gasteiger partial charge in [-0.2, -0.15) is 0 Å². The third-order valence-electron chi connectivity index (χ3n) is 5.05. The van der Waals surface area contributed by atoms with E-state index in [1.54, 1.807) is 12.1 Å². The van der Waals surface area contributed by atoms with E-state index in [2.05, 4.69) is 14.8 Å². The van der Waals surface area contributed by atoms with Gasteiger partial charge in [0.1, 0.15) is 22.9 Å². The molecule has 2 aromatic heterocycles. The number of carbonyl (C=O) groups excluding carboxylic acids is 1. The van der Waals surface area contributed by atoms with Gasteiger partial charge in [0.25, 0.3) is 0 Å². The lowest BCUT2D eigenvalue weighted by Crippen LogP contribution is -2.33. The van der Waals surface area contributed by atoms with Crippen molar-refractivity contribution < 1.29 is 23.7 Å². The number of ether oxygens (including phenoxy) is 4. The minimum absolute atomic E-state index is 0.00959. The van der Waals surface area contributed by atoms with Crippen LogP contribution in [0.2, 0.25) is 0 Å². The standard InChI is InChI=1S/C22H15ClN4O5S/c1-10-4-15-19(30-8-12(32-15)9-31-22(23)28)20-17(10)27-21(33-20)13-5-11(24-2)6-14-18(13)25-7-16(26-14)29-3/h4-7,12H,8-9H2,1,3H3/t12-/m1/s1. The normalized spacial score (nSPS) is 14.8. The molecule has 0 N–H and O–H groups in total. The molecular formula is C22H15ClN4O5S. The van der Waals surface area contributed by atoms with Crippen molar-refractivity contribution in [1.29, 1.82) is 0 Å². The molecule has 0 bridgehead atoms. The van der Waals surface area contributed by atoms with Crippen LogP contribution in [0.5, 0.6) is 17.4 Å². The molecule has 1 aliphatic rings. The minimum Gasteiger partial charge on any atom is -0.484 e. The van der Waals surface area contributed by atoms with E-state index in [0.717, 1.165) is 15.8 Å². The zero-order valence-corrected chi connectivity index (χ0v) is 19.0. The number of carbonyl (C=O) groups is 1. The van der Waals surface area contributed by atoms with Crippen LogP contribution in [0.25, 0.3) is 36.7 Å². The lowest BCUT2D eigenvalue weighted by Gasteiger charge is -2.26. The molecule has 0 aliphatic carbocycles. The van der Waals surface area contributed by atoms with E-state index >= 15 is 0 Å². The topological polar surface area (TPSA) is 97.0 Å². The summed E-state index contributed by atoms with van der Waals surface area (Å²) < 4.78 is 22.7. The molecular weight excluding hydrogens is 468 g/mol. The maximum Gasteiger partial charge on any atom is 0.403 e. The van der Waals surface area contributed by atoms with Gasteiger partial charge in [0.2, 0.25) is 5.88 Å². The first-order valence-electron chi connectivity index (χ1n) is 9.75. The molecule has 33 heavy (non-hydrogen) atoms. The quantitative estimate of drug-likeness (QED) is 0.286. The van der Waals surface area contributed by atoms with E-state index in [4.69, 9.17) is 42.1 Å². The first kappa shape index (κ1) is 21.2. The van der Waals surface area contributed by atoms with Crippen LogP contribution in [0.4, 0.5) is 10.5 Å². The smallest absolute Gasteiger partial charge is 0.403 e. The Bertz CT molecular complexity index is 1470. The zero-order chi connectivity index (χ0) is 23.1. The number of aryl methyl sites for hydroxylation is 1. The summed E-state index contributed by atoms with van der Waals surface area (Å²) in [5, 5.41) is 0.679. The van der Waals surface area contributed by atoms with Gasteiger partial charge < -0.3 is 18.9 Å². The fourth-order valence-corrected chi connectivity index (χ4v) is 4.79. The molecule has 5 rings (SSSR count). The Morgan fingerprint density at radius 2 is 2.18 bits per heavy atom. The molecule has 0 spiro atoms. The van der Waals surface area contributed by atoms with Gasteiger partial charge in [0.15, 0.2) is 23.3 Å². The fraction of sp³-hybridized carbons (Fsp3) is 0.227. The molecule has 3 heterocycles. The number of benzene rings is 2. The van der Waals surface area contributed by atoms with Crippen molar-refractivity contribution in [3.8, 4) is 28.0 Å². The predicted octanol–water partition coefficient (Wildman–Crippen LogP) is 5.29. The van der Waals surface area contributed by atoms with Crippen LogP contribution in [-0.2, 0) is 4.74 Å². The number of methoxy groups -OCH3 is 1. The summed E-state index contributed by atoms with van der Waals surface area (Å²) >= 11 is 6.66. The molecule has 2 aromatic carbocycles. The summed E-state index contributed by atoms with van der Waals surface area (Å²) in [6, 6.07) is 5.27. The van der Waals surface area contributed by atoms with E-state index in [1.807, 2.05) is 13.0 Å². The summed E-state index contributed by atoms with van der Waals surface area (Å²) in [6.45, 7) is 9.59. The molecule has 1 aliphatic heterocycles. The summed E-state index contributed by atoms with van der Waals surface area (Å²) in [7, 11) is 1.52. The van der Waals surface area contributed by atoms with E-state index in [9.17, 15) is 4.79 Å². The second-order valence-corrected chi connectivity index (χ2v) is 8.51. The highest BCUT2D eigenvalue weighted by Crippen LogP contribution is 2.46. The number of nitrogens with zero attached hydrogens (tertiary/aromatic N) is 4. The van der Waals surface area contributed by atoms with Gasteiger partial charge in [-0.05, 0) is 30.7 Å². The third-order valence-corrected chi connectivity index (χ3v) is 6.24. The molecule has 0 saturated carbocycles. The summed E-state index contributed by atoms with van der Waals surface area (Å²) in [6.07, 6.45) is 1.07. The number of aromatic nitrogens is 3. The molecule has 0 fully saturated rings. The maximum atomic E-state index is 10.9. The fourth-order valence-electron chi connectivity index (χ4n) is 3.57. The summed E-state index contributed by atoms with van der Waals surface area (Å²) in [5.74, 6) is 1.48. The van der Waals surface area contributed by atoms with Crippen molar-refractivity contribution in [2.75, 3.05) is 20.3 Å². The minimum atomic E-state index is -0.891. The summed E-state index contributed by atoms with van der Waals surface area (Å²) in [5.41, 5.74) is 3.06. The SMILES string of the molecule is [C-]#[N+]c1cc(-c2nc3c(C)cc4c(c3s2)OC[C@H](COC(=O)Cl)O4)c2ncc(OC)nc2c1. The average Bonchev–Trinajstić information content (AvgIpc) is 3.27. The molecule has 11 heteroatoms. The second kappa shape index (κ2) is 8.35. The first-order chi connectivity index (χ1) is 16.0. The van der Waals surface area contributed by atoms with Crippen molar-refractivity contribution in [2.24, 2.45) is 0 Å². The van der Waals surface area contributed by atoms with Gasteiger partial charge in [-0.3, -0.25) is 0 Å². The molecule has 9 nitrogen and oxygen atoms in total. The Morgan fingerprint density at radius 1 is 1.33 bits per heavy atom. The average molecular weight is 483 g/mol. The number of halogens is 1. The Hall–Kier alpha value is -3.68. The van der Waals surface area contributed by atoms with E-state index in [0.29, 0.717) is 44.7 Å². The molecule has 0 unspecified atom stereocenters. The second-order valence-electron chi connectivity index (χ2n) is 7.20. The molecule has 0 amide bonds. The highest BCUT2D eigenvalue weighted by Gasteiger charge is 2.27. The molecule has 4 aromatic rings. The number of hydrogen-bond donors (Lipinski definition) is 0. The van der Waals surface area contributed by atoms with Crippen molar-refractivity contribution in [3.63, 3.8) is 0 Å². The van der Waals surface area contributed by atoms with Crippen LogP contribution in [0.1, 0.15) is 5.56 Å². The largest absolute Gasteiger partial charge is 0.484 e. The van der Waals surface area contributed by atoms with Gasteiger partial charge in [0, 0.05) is 17.2 Å². The van der Waals surface area contributed by atoms with Crippen LogP contribution in [0, 0.1) is 13.5 Å². The molecule has 1 atom stereocenters. The van der Waals surface area contributed by atoms with Crippen molar-refractivity contribution in [2.45, 2.75) is 13.0 Å². The predicted molar refractivity (Wildman–Crippen MR) is 123 cm³/mol. The van der Waals surface area contributed by atoms with Crippen LogP contribution >= 0.6 is 22.9 Å². The van der Waals surface area contributed by atoms with Gasteiger partial charge in [-0.15, -0.1) is 11.3 Å². The van der Waals surface area contributed by atoms with Crippen molar-refractivity contribution >= 4 is 55.3 Å². The molecule has 0 saturated heterocycles. The Morgan fingerprint density at radius 3 is 2.94 bits per heavy atom. The number of hydrogen-bond acceptors (Lipinski definition) is 9. The van der Waals surface area contributed by atoms with Crippen LogP contribution < -0.4 is 14.2 Å². The van der Waals surface area contributed by atoms with E-state index in [-0.39, 0.29) is 13.2 Å². The Labute approximate surface area is 196 Å². The van der Waals surface area contributed by atoms with E-state index < -0.39 is 11.5 Å². The van der Waals surface area contributed by atoms with Crippen molar-refractivity contribution in [1.82, 2.24) is 15.0 Å². The lowest BCUT2D eigenvalue weighted by atomic mass is 10.1. The van der Waals surface area contributed by atoms with Gasteiger partial charge in [-0.1, -0.05) is 0 Å². The van der Waals surface area contributed by atoms with E-state index in [1.165, 1.54) is 24.6 Å². The molecule has 166 valence electrons. The molecule has 0 radical (unpaired) electrons.